The molecule has 0 radical (unpaired) electrons. The molecule has 0 bridgehead atoms. The van der Waals surface area contributed by atoms with E-state index in [1.54, 1.807) is 0 Å². The molecule has 0 amide bonds. The molecule has 0 unspecified atom stereocenters. The van der Waals surface area contributed by atoms with Crippen LogP contribution in [0, 0.1) is 0 Å². The highest BCUT2D eigenvalue weighted by atomic mass is 35.5. The van der Waals surface area contributed by atoms with Crippen molar-refractivity contribution in [1.82, 2.24) is 9.97 Å². The lowest BCUT2D eigenvalue weighted by molar-refractivity contribution is -0.274. The normalized spacial score (nSPS) is 12.0. The molecule has 16 heavy (non-hydrogen) atoms. The fraction of sp³-hybridized carbons (Fsp3) is 0.125. The number of halogens is 4. The van der Waals surface area contributed by atoms with E-state index in [2.05, 4.69) is 14.7 Å². The second-order valence-corrected chi connectivity index (χ2v) is 3.36. The fourth-order valence-corrected chi connectivity index (χ4v) is 1.44. The highest BCUT2D eigenvalue weighted by molar-refractivity contribution is 6.32. The van der Waals surface area contributed by atoms with Crippen LogP contribution in [0.25, 0.3) is 11.0 Å². The van der Waals surface area contributed by atoms with Crippen molar-refractivity contribution in [1.29, 1.82) is 0 Å². The van der Waals surface area contributed by atoms with Crippen LogP contribution in [0.5, 0.6) is 5.75 Å². The van der Waals surface area contributed by atoms with Crippen LogP contribution in [0.15, 0.2) is 16.9 Å². The third kappa shape index (κ3) is 2.13. The molecule has 86 valence electrons. The average molecular weight is 253 g/mol. The second kappa shape index (κ2) is 3.44. The van der Waals surface area contributed by atoms with E-state index in [1.807, 2.05) is 0 Å². The van der Waals surface area contributed by atoms with Crippen molar-refractivity contribution >= 4 is 22.6 Å². The molecular weight excluding hydrogens is 249 g/mol. The molecule has 1 aromatic carbocycles. The van der Waals surface area contributed by atoms with Gasteiger partial charge in [0.05, 0.1) is 16.1 Å². The molecule has 1 aromatic heterocycles. The first-order valence-electron chi connectivity index (χ1n) is 4.02. The number of benzene rings is 1. The number of ether oxygens (including phenoxy) is 1. The van der Waals surface area contributed by atoms with Crippen LogP contribution in [0.1, 0.15) is 0 Å². The number of fused-ring (bicyclic) bond motifs is 1. The predicted octanol–water partition coefficient (Wildman–Crippen LogP) is 2.41. The Labute approximate surface area is 91.0 Å². The molecule has 2 aromatic rings. The Morgan fingerprint density at radius 2 is 1.75 bits per heavy atom. The minimum absolute atomic E-state index is 0.189. The minimum atomic E-state index is -4.83. The zero-order chi connectivity index (χ0) is 11.9. The molecule has 8 heteroatoms. The highest BCUT2D eigenvalue weighted by Gasteiger charge is 2.32. The largest absolute Gasteiger partial charge is 0.573 e. The lowest BCUT2D eigenvalue weighted by Gasteiger charge is -2.09. The fourth-order valence-electron chi connectivity index (χ4n) is 1.24. The predicted molar refractivity (Wildman–Crippen MR) is 50.6 cm³/mol. The summed E-state index contributed by atoms with van der Waals surface area (Å²) in [4.78, 5) is 15.5. The number of nitrogens with one attached hydrogen (secondary N) is 2. The highest BCUT2D eigenvalue weighted by Crippen LogP contribution is 2.32. The summed E-state index contributed by atoms with van der Waals surface area (Å²) in [7, 11) is 0. The van der Waals surface area contributed by atoms with Crippen LogP contribution in [0.4, 0.5) is 13.2 Å². The topological polar surface area (TPSA) is 57.9 Å². The van der Waals surface area contributed by atoms with Gasteiger partial charge in [0.2, 0.25) is 0 Å². The molecule has 1 heterocycles. The maximum absolute atomic E-state index is 12.0. The number of imidazole rings is 1. The lowest BCUT2D eigenvalue weighted by Crippen LogP contribution is -2.17. The van der Waals surface area contributed by atoms with E-state index in [0.29, 0.717) is 5.52 Å². The molecule has 0 aliphatic rings. The van der Waals surface area contributed by atoms with Crippen molar-refractivity contribution in [2.24, 2.45) is 0 Å². The van der Waals surface area contributed by atoms with E-state index in [-0.39, 0.29) is 10.5 Å². The molecule has 0 saturated carbocycles. The molecule has 0 saturated heterocycles. The van der Waals surface area contributed by atoms with Gasteiger partial charge in [-0.05, 0) is 6.07 Å². The van der Waals surface area contributed by atoms with Gasteiger partial charge < -0.3 is 14.7 Å². The Balaban J connectivity index is 2.53. The lowest BCUT2D eigenvalue weighted by atomic mass is 10.3. The Hall–Kier alpha value is -1.63. The van der Waals surface area contributed by atoms with E-state index in [1.165, 1.54) is 6.07 Å². The van der Waals surface area contributed by atoms with E-state index >= 15 is 0 Å². The summed E-state index contributed by atoms with van der Waals surface area (Å²) in [6, 6.07) is 2.18. The van der Waals surface area contributed by atoms with Crippen LogP contribution in [-0.4, -0.2) is 16.3 Å². The number of hydrogen-bond donors (Lipinski definition) is 2. The number of rotatable bonds is 1. The molecule has 2 N–H and O–H groups in total. The Kier molecular flexibility index (Phi) is 2.34. The third-order valence-corrected chi connectivity index (χ3v) is 2.09. The van der Waals surface area contributed by atoms with Crippen LogP contribution >= 0.6 is 11.6 Å². The van der Waals surface area contributed by atoms with E-state index in [4.69, 9.17) is 11.6 Å². The maximum atomic E-state index is 12.0. The Morgan fingerprint density at radius 3 is 2.31 bits per heavy atom. The second-order valence-electron chi connectivity index (χ2n) is 2.96. The van der Waals surface area contributed by atoms with Gasteiger partial charge in [-0.15, -0.1) is 13.2 Å². The van der Waals surface area contributed by atoms with Crippen molar-refractivity contribution in [2.75, 3.05) is 0 Å². The Morgan fingerprint density at radius 1 is 1.19 bits per heavy atom. The average Bonchev–Trinajstić information content (AvgIpc) is 2.42. The summed E-state index contributed by atoms with van der Waals surface area (Å²) in [5.41, 5.74) is -0.0339. The molecule has 0 fully saturated rings. The van der Waals surface area contributed by atoms with Gasteiger partial charge in [-0.25, -0.2) is 4.79 Å². The van der Waals surface area contributed by atoms with Crippen molar-refractivity contribution in [3.63, 3.8) is 0 Å². The number of alkyl halides is 3. The van der Waals surface area contributed by atoms with Gasteiger partial charge in [0.1, 0.15) is 5.75 Å². The van der Waals surface area contributed by atoms with Gasteiger partial charge in [-0.2, -0.15) is 0 Å². The summed E-state index contributed by atoms with van der Waals surface area (Å²) in [5, 5.41) is -0.236. The summed E-state index contributed by atoms with van der Waals surface area (Å²) in [6.07, 6.45) is -4.83. The first-order chi connectivity index (χ1) is 7.35. The van der Waals surface area contributed by atoms with Crippen LogP contribution in [-0.2, 0) is 0 Å². The zero-order valence-electron chi connectivity index (χ0n) is 7.48. The van der Waals surface area contributed by atoms with E-state index in [9.17, 15) is 18.0 Å². The van der Waals surface area contributed by atoms with Crippen LogP contribution in [0.3, 0.4) is 0 Å². The number of aromatic nitrogens is 2. The minimum Gasteiger partial charge on any atom is -0.404 e. The van der Waals surface area contributed by atoms with Gasteiger partial charge >= 0.3 is 12.1 Å². The SMILES string of the molecule is O=c1[nH]c2cc(Cl)c(OC(F)(F)F)cc2[nH]1. The zero-order valence-corrected chi connectivity index (χ0v) is 8.24. The molecule has 4 nitrogen and oxygen atoms in total. The van der Waals surface area contributed by atoms with Crippen molar-refractivity contribution in [3.05, 3.63) is 27.6 Å². The first-order valence-corrected chi connectivity index (χ1v) is 4.40. The monoisotopic (exact) mass is 252 g/mol. The molecule has 0 spiro atoms. The maximum Gasteiger partial charge on any atom is 0.573 e. The van der Waals surface area contributed by atoms with Crippen LogP contribution in [0.2, 0.25) is 5.02 Å². The molecular formula is C8H4ClF3N2O2. The summed E-state index contributed by atoms with van der Waals surface area (Å²) in [6.45, 7) is 0. The van der Waals surface area contributed by atoms with Gasteiger partial charge in [0.15, 0.2) is 0 Å². The number of H-pyrrole nitrogens is 2. The van der Waals surface area contributed by atoms with E-state index in [0.717, 1.165) is 6.07 Å². The standard InChI is InChI=1S/C8H4ClF3N2O2/c9-3-1-4-5(14-7(15)13-4)2-6(3)16-8(10,11)12/h1-2H,(H2,13,14,15). The van der Waals surface area contributed by atoms with Crippen molar-refractivity contribution < 1.29 is 17.9 Å². The molecule has 0 atom stereocenters. The number of hydrogen-bond acceptors (Lipinski definition) is 2. The van der Waals surface area contributed by atoms with Crippen molar-refractivity contribution in [3.8, 4) is 5.75 Å². The summed E-state index contributed by atoms with van der Waals surface area (Å²) in [5.74, 6) is -0.558. The summed E-state index contributed by atoms with van der Waals surface area (Å²) >= 11 is 5.56. The van der Waals surface area contributed by atoms with Crippen LogP contribution < -0.4 is 10.4 Å². The van der Waals surface area contributed by atoms with E-state index < -0.39 is 17.8 Å². The van der Waals surface area contributed by atoms with Gasteiger partial charge in [-0.1, -0.05) is 11.6 Å². The van der Waals surface area contributed by atoms with Gasteiger partial charge in [-0.3, -0.25) is 0 Å². The Bertz CT molecular complexity index is 587. The molecule has 0 aliphatic heterocycles. The molecule has 0 aliphatic carbocycles. The van der Waals surface area contributed by atoms with Gasteiger partial charge in [0.25, 0.3) is 0 Å². The smallest absolute Gasteiger partial charge is 0.404 e. The third-order valence-electron chi connectivity index (χ3n) is 1.79. The summed E-state index contributed by atoms with van der Waals surface area (Å²) < 4.78 is 39.6. The van der Waals surface area contributed by atoms with Gasteiger partial charge in [0, 0.05) is 6.07 Å². The first kappa shape index (κ1) is 10.9. The number of aromatic amines is 2. The quantitative estimate of drug-likeness (QED) is 0.819. The van der Waals surface area contributed by atoms with Crippen molar-refractivity contribution in [2.45, 2.75) is 6.36 Å². The molecule has 2 rings (SSSR count).